The van der Waals surface area contributed by atoms with E-state index in [1.165, 1.54) is 12.7 Å². The van der Waals surface area contributed by atoms with Crippen LogP contribution >= 0.6 is 0 Å². The number of aryl methyl sites for hydroxylation is 1. The number of methoxy groups -OCH3 is 1. The number of pyridine rings is 1. The van der Waals surface area contributed by atoms with Gasteiger partial charge in [-0.3, -0.25) is 4.79 Å². The summed E-state index contributed by atoms with van der Waals surface area (Å²) >= 11 is 0. The molecule has 0 fully saturated rings. The van der Waals surface area contributed by atoms with Crippen molar-refractivity contribution in [1.29, 1.82) is 0 Å². The molecule has 0 unspecified atom stereocenters. The predicted molar refractivity (Wildman–Crippen MR) is 124 cm³/mol. The Bertz CT molecular complexity index is 1220. The second kappa shape index (κ2) is 9.45. The van der Waals surface area contributed by atoms with E-state index in [-0.39, 0.29) is 5.91 Å². The summed E-state index contributed by atoms with van der Waals surface area (Å²) in [5.41, 5.74) is 5.03. The second-order valence-corrected chi connectivity index (χ2v) is 7.26. The third kappa shape index (κ3) is 4.38. The minimum absolute atomic E-state index is 0.325. The van der Waals surface area contributed by atoms with Crippen LogP contribution in [0.1, 0.15) is 21.7 Å². The van der Waals surface area contributed by atoms with Crippen LogP contribution in [0.15, 0.2) is 71.3 Å². The zero-order valence-electron chi connectivity index (χ0n) is 18.2. The molecule has 4 aromatic rings. The number of aromatic nitrogens is 2. The van der Waals surface area contributed by atoms with Gasteiger partial charge in [-0.2, -0.15) is 0 Å². The molecule has 162 valence electrons. The van der Waals surface area contributed by atoms with E-state index >= 15 is 0 Å². The molecule has 0 spiro atoms. The monoisotopic (exact) mass is 428 g/mol. The van der Waals surface area contributed by atoms with Crippen LogP contribution in [0.5, 0.6) is 5.88 Å². The van der Waals surface area contributed by atoms with Crippen molar-refractivity contribution in [3.8, 4) is 28.4 Å². The average molecular weight is 428 g/mol. The van der Waals surface area contributed by atoms with Gasteiger partial charge in [0.2, 0.25) is 5.88 Å². The number of ether oxygens (including phenoxy) is 1. The van der Waals surface area contributed by atoms with Gasteiger partial charge >= 0.3 is 0 Å². The summed E-state index contributed by atoms with van der Waals surface area (Å²) in [6.07, 6.45) is 0. The lowest BCUT2D eigenvalue weighted by Gasteiger charge is -2.12. The van der Waals surface area contributed by atoms with Crippen molar-refractivity contribution in [2.45, 2.75) is 13.5 Å². The number of carbonyl (C=O) groups excluding carboxylic acids is 1. The van der Waals surface area contributed by atoms with Crippen molar-refractivity contribution < 1.29 is 14.1 Å². The maximum absolute atomic E-state index is 13.1. The molecular weight excluding hydrogens is 404 g/mol. The third-order valence-electron chi connectivity index (χ3n) is 5.07. The smallest absolute Gasteiger partial charge is 0.261 e. The molecule has 0 bridgehead atoms. The molecule has 0 saturated carbocycles. The van der Waals surface area contributed by atoms with Gasteiger partial charge in [0, 0.05) is 17.7 Å². The average Bonchev–Trinajstić information content (AvgIpc) is 3.22. The van der Waals surface area contributed by atoms with Crippen molar-refractivity contribution in [3.63, 3.8) is 0 Å². The molecule has 2 aromatic carbocycles. The Hall–Kier alpha value is -3.97. The van der Waals surface area contributed by atoms with Gasteiger partial charge in [-0.05, 0) is 31.7 Å². The van der Waals surface area contributed by atoms with Gasteiger partial charge in [0.05, 0.1) is 12.8 Å². The van der Waals surface area contributed by atoms with Crippen molar-refractivity contribution >= 4 is 11.6 Å². The molecule has 0 radical (unpaired) electrons. The van der Waals surface area contributed by atoms with Gasteiger partial charge < -0.3 is 19.9 Å². The molecule has 32 heavy (non-hydrogen) atoms. The van der Waals surface area contributed by atoms with Gasteiger partial charge in [0.1, 0.15) is 22.7 Å². The Morgan fingerprint density at radius 1 is 1.00 bits per heavy atom. The van der Waals surface area contributed by atoms with E-state index in [2.05, 4.69) is 32.9 Å². The topological polar surface area (TPSA) is 89.3 Å². The Morgan fingerprint density at radius 3 is 2.44 bits per heavy atom. The molecule has 7 heteroatoms. The summed E-state index contributed by atoms with van der Waals surface area (Å²) in [4.78, 5) is 17.7. The molecule has 7 nitrogen and oxygen atoms in total. The highest BCUT2D eigenvalue weighted by molar-refractivity contribution is 6.09. The number of carbonyl (C=O) groups is 1. The molecule has 1 amide bonds. The Morgan fingerprint density at radius 2 is 1.75 bits per heavy atom. The molecular formula is C25H24N4O3. The van der Waals surface area contributed by atoms with Crippen LogP contribution in [0.25, 0.3) is 22.5 Å². The summed E-state index contributed by atoms with van der Waals surface area (Å²) < 4.78 is 10.8. The molecule has 0 saturated heterocycles. The zero-order valence-corrected chi connectivity index (χ0v) is 18.2. The van der Waals surface area contributed by atoms with Gasteiger partial charge in [0.25, 0.3) is 5.91 Å². The Balaban J connectivity index is 1.60. The van der Waals surface area contributed by atoms with E-state index in [9.17, 15) is 4.79 Å². The molecule has 4 rings (SSSR count). The predicted octanol–water partition coefficient (Wildman–Crippen LogP) is 4.69. The summed E-state index contributed by atoms with van der Waals surface area (Å²) in [7, 11) is 3.44. The number of benzene rings is 2. The molecule has 0 aliphatic rings. The quantitative estimate of drug-likeness (QED) is 0.444. The van der Waals surface area contributed by atoms with Crippen molar-refractivity contribution in [2.24, 2.45) is 0 Å². The summed E-state index contributed by atoms with van der Waals surface area (Å²) in [6, 6.07) is 21.2. The van der Waals surface area contributed by atoms with Gasteiger partial charge in [-0.1, -0.05) is 59.8 Å². The second-order valence-electron chi connectivity index (χ2n) is 7.26. The highest BCUT2D eigenvalue weighted by atomic mass is 16.5. The molecule has 0 aliphatic heterocycles. The molecule has 0 atom stereocenters. The van der Waals surface area contributed by atoms with Crippen LogP contribution < -0.4 is 15.4 Å². The van der Waals surface area contributed by atoms with E-state index in [0.717, 1.165) is 23.4 Å². The lowest BCUT2D eigenvalue weighted by molar-refractivity contribution is 0.102. The highest BCUT2D eigenvalue weighted by Crippen LogP contribution is 2.30. The number of amides is 1. The van der Waals surface area contributed by atoms with E-state index in [4.69, 9.17) is 9.26 Å². The molecule has 2 aromatic heterocycles. The first kappa shape index (κ1) is 21.3. The van der Waals surface area contributed by atoms with Crippen LogP contribution in [-0.4, -0.2) is 30.2 Å². The first-order chi connectivity index (χ1) is 15.6. The summed E-state index contributed by atoms with van der Waals surface area (Å²) in [5, 5.41) is 10.1. The van der Waals surface area contributed by atoms with E-state index in [1.54, 1.807) is 13.0 Å². The molecule has 0 aliphatic carbocycles. The van der Waals surface area contributed by atoms with Crippen molar-refractivity contribution in [2.75, 3.05) is 19.5 Å². The molecule has 2 heterocycles. The van der Waals surface area contributed by atoms with Crippen LogP contribution in [0.3, 0.4) is 0 Å². The number of anilines is 1. The normalized spacial score (nSPS) is 10.7. The van der Waals surface area contributed by atoms with Gasteiger partial charge in [-0.25, -0.2) is 4.98 Å². The lowest BCUT2D eigenvalue weighted by Crippen LogP contribution is -2.14. The Labute approximate surface area is 186 Å². The van der Waals surface area contributed by atoms with Crippen molar-refractivity contribution in [1.82, 2.24) is 15.5 Å². The van der Waals surface area contributed by atoms with Crippen LogP contribution in [0, 0.1) is 6.92 Å². The minimum atomic E-state index is -0.341. The fraction of sp³-hybridized carbons (Fsp3) is 0.160. The van der Waals surface area contributed by atoms with Crippen LogP contribution in [0.4, 0.5) is 5.69 Å². The number of rotatable bonds is 7. The van der Waals surface area contributed by atoms with Gasteiger partial charge in [0.15, 0.2) is 0 Å². The Kier molecular flexibility index (Phi) is 6.28. The largest absolute Gasteiger partial charge is 0.479 e. The minimum Gasteiger partial charge on any atom is -0.479 e. The summed E-state index contributed by atoms with van der Waals surface area (Å²) in [6.45, 7) is 2.51. The van der Waals surface area contributed by atoms with E-state index < -0.39 is 0 Å². The van der Waals surface area contributed by atoms with Crippen molar-refractivity contribution in [3.05, 3.63) is 83.6 Å². The highest BCUT2D eigenvalue weighted by Gasteiger charge is 2.23. The van der Waals surface area contributed by atoms with Crippen LogP contribution in [-0.2, 0) is 6.54 Å². The van der Waals surface area contributed by atoms with E-state index in [0.29, 0.717) is 28.6 Å². The number of hydrogen-bond acceptors (Lipinski definition) is 6. The molecule has 2 N–H and O–H groups in total. The number of nitrogens with one attached hydrogen (secondary N) is 2. The first-order valence-corrected chi connectivity index (χ1v) is 10.2. The first-order valence-electron chi connectivity index (χ1n) is 10.2. The van der Waals surface area contributed by atoms with Gasteiger partial charge in [-0.15, -0.1) is 0 Å². The lowest BCUT2D eigenvalue weighted by atomic mass is 10.1. The zero-order chi connectivity index (χ0) is 22.5. The SMILES string of the molecule is CNCc1ccc(-c2ccc(NC(=O)c3c(-c4ccccc4)noc3C)c(OC)n2)cc1. The third-order valence-corrected chi connectivity index (χ3v) is 5.07. The fourth-order valence-corrected chi connectivity index (χ4v) is 3.47. The standard InChI is InChI=1S/C25H24N4O3/c1-16-22(23(29-32-16)19-7-5-4-6-8-19)24(30)27-21-14-13-20(28-25(21)31-3)18-11-9-17(10-12-18)15-26-2/h4-14,26H,15H2,1-3H3,(H,27,30). The maximum atomic E-state index is 13.1. The number of nitrogens with zero attached hydrogens (tertiary/aromatic N) is 2. The van der Waals surface area contributed by atoms with Crippen LogP contribution in [0.2, 0.25) is 0 Å². The summed E-state index contributed by atoms with van der Waals surface area (Å²) in [5.74, 6) is 0.420. The fourth-order valence-electron chi connectivity index (χ4n) is 3.47. The van der Waals surface area contributed by atoms with E-state index in [1.807, 2.05) is 55.6 Å². The number of hydrogen-bond donors (Lipinski definition) is 2. The maximum Gasteiger partial charge on any atom is 0.261 e.